The molecule has 1 unspecified atom stereocenters. The molecule has 0 radical (unpaired) electrons. The molecule has 4 heteroatoms. The molecule has 0 amide bonds. The van der Waals surface area contributed by atoms with Crippen LogP contribution in [0.4, 0.5) is 0 Å². The summed E-state index contributed by atoms with van der Waals surface area (Å²) in [5.74, 6) is 1.58. The fraction of sp³-hybridized carbons (Fsp3) is 0.533. The lowest BCUT2D eigenvalue weighted by atomic mass is 9.98. The number of rotatable bonds is 8. The lowest BCUT2D eigenvalue weighted by molar-refractivity contribution is 0.285. The Labute approximate surface area is 115 Å². The second kappa shape index (κ2) is 7.65. The van der Waals surface area contributed by atoms with E-state index in [1.54, 1.807) is 7.11 Å². The number of hydrogen-bond acceptors (Lipinski definition) is 4. The van der Waals surface area contributed by atoms with Crippen LogP contribution >= 0.6 is 0 Å². The molecule has 19 heavy (non-hydrogen) atoms. The van der Waals surface area contributed by atoms with E-state index in [-0.39, 0.29) is 0 Å². The number of nitriles is 1. The summed E-state index contributed by atoms with van der Waals surface area (Å²) in [6.07, 6.45) is 1.59. The van der Waals surface area contributed by atoms with Gasteiger partial charge in [-0.25, -0.2) is 0 Å². The van der Waals surface area contributed by atoms with Gasteiger partial charge >= 0.3 is 0 Å². The van der Waals surface area contributed by atoms with Crippen LogP contribution in [0, 0.1) is 11.3 Å². The van der Waals surface area contributed by atoms with Crippen LogP contribution < -0.4 is 14.8 Å². The first kappa shape index (κ1) is 15.3. The van der Waals surface area contributed by atoms with Crippen molar-refractivity contribution in [2.45, 2.75) is 32.2 Å². The quantitative estimate of drug-likeness (QED) is 0.732. The van der Waals surface area contributed by atoms with Gasteiger partial charge in [-0.05, 0) is 38.4 Å². The van der Waals surface area contributed by atoms with E-state index in [1.165, 1.54) is 0 Å². The number of nitrogens with one attached hydrogen (secondary N) is 1. The summed E-state index contributed by atoms with van der Waals surface area (Å²) in [4.78, 5) is 0. The smallest absolute Gasteiger partial charge is 0.122 e. The molecule has 0 aliphatic carbocycles. The van der Waals surface area contributed by atoms with Crippen molar-refractivity contribution >= 4 is 0 Å². The van der Waals surface area contributed by atoms with Crippen molar-refractivity contribution in [1.82, 2.24) is 5.32 Å². The Bertz CT molecular complexity index is 428. The highest BCUT2D eigenvalue weighted by molar-refractivity contribution is 5.32. The summed E-state index contributed by atoms with van der Waals surface area (Å²) in [6.45, 7) is 5.31. The van der Waals surface area contributed by atoms with Crippen LogP contribution in [0.25, 0.3) is 0 Å². The van der Waals surface area contributed by atoms with E-state index < -0.39 is 5.54 Å². The maximum atomic E-state index is 9.13. The first-order valence-corrected chi connectivity index (χ1v) is 6.56. The molecule has 0 heterocycles. The van der Waals surface area contributed by atoms with Crippen molar-refractivity contribution in [3.63, 3.8) is 0 Å². The maximum Gasteiger partial charge on any atom is 0.122 e. The van der Waals surface area contributed by atoms with Crippen LogP contribution in [-0.2, 0) is 0 Å². The molecule has 4 nitrogen and oxygen atoms in total. The van der Waals surface area contributed by atoms with Crippen LogP contribution in [0.2, 0.25) is 0 Å². The number of hydrogen-bond donors (Lipinski definition) is 1. The van der Waals surface area contributed by atoms with Crippen molar-refractivity contribution in [1.29, 1.82) is 5.26 Å². The molecule has 0 aromatic heterocycles. The van der Waals surface area contributed by atoms with Gasteiger partial charge in [0.25, 0.3) is 0 Å². The minimum Gasteiger partial charge on any atom is -0.497 e. The molecule has 1 atom stereocenters. The lowest BCUT2D eigenvalue weighted by Crippen LogP contribution is -2.40. The number of benzene rings is 1. The van der Waals surface area contributed by atoms with Gasteiger partial charge in [-0.3, -0.25) is 5.32 Å². The van der Waals surface area contributed by atoms with Crippen molar-refractivity contribution in [2.24, 2.45) is 0 Å². The number of ether oxygens (including phenoxy) is 2. The Morgan fingerprint density at radius 3 is 2.74 bits per heavy atom. The fourth-order valence-corrected chi connectivity index (χ4v) is 1.88. The van der Waals surface area contributed by atoms with Gasteiger partial charge in [-0.2, -0.15) is 5.26 Å². The molecule has 0 fully saturated rings. The van der Waals surface area contributed by atoms with Crippen LogP contribution in [0.15, 0.2) is 24.3 Å². The van der Waals surface area contributed by atoms with Gasteiger partial charge < -0.3 is 9.47 Å². The predicted molar refractivity (Wildman–Crippen MR) is 75.4 cm³/mol. The summed E-state index contributed by atoms with van der Waals surface area (Å²) < 4.78 is 10.8. The second-order valence-electron chi connectivity index (χ2n) is 4.61. The predicted octanol–water partition coefficient (Wildman–Crippen LogP) is 2.75. The van der Waals surface area contributed by atoms with Gasteiger partial charge in [0.15, 0.2) is 0 Å². The molecule has 1 N–H and O–H groups in total. The molecule has 0 aliphatic rings. The van der Waals surface area contributed by atoms with E-state index in [4.69, 9.17) is 14.7 Å². The molecular weight excluding hydrogens is 240 g/mol. The highest BCUT2D eigenvalue weighted by Gasteiger charge is 2.21. The van der Waals surface area contributed by atoms with E-state index in [2.05, 4.69) is 11.4 Å². The third-order valence-corrected chi connectivity index (χ3v) is 2.94. The third-order valence-electron chi connectivity index (χ3n) is 2.94. The summed E-state index contributed by atoms with van der Waals surface area (Å²) in [5, 5.41) is 12.3. The Hall–Kier alpha value is -1.73. The largest absolute Gasteiger partial charge is 0.497 e. The van der Waals surface area contributed by atoms with Gasteiger partial charge in [-0.1, -0.05) is 13.0 Å². The summed E-state index contributed by atoms with van der Waals surface area (Å²) in [5.41, 5.74) is -0.466. The number of methoxy groups -OCH3 is 1. The Morgan fingerprint density at radius 1 is 1.37 bits per heavy atom. The molecule has 0 saturated carbocycles. The summed E-state index contributed by atoms with van der Waals surface area (Å²) in [7, 11) is 1.63. The standard InChI is InChI=1S/C15H22N2O2/c1-4-17-15(2,12-16)9-6-10-19-14-8-5-7-13(11-14)18-3/h5,7-8,11,17H,4,6,9-10H2,1-3H3. The SMILES string of the molecule is CCNC(C)(C#N)CCCOc1cccc(OC)c1. The zero-order valence-electron chi connectivity index (χ0n) is 11.9. The Kier molecular flexibility index (Phi) is 6.17. The van der Waals surface area contributed by atoms with Crippen molar-refractivity contribution in [3.8, 4) is 17.6 Å². The lowest BCUT2D eigenvalue weighted by Gasteiger charge is -2.22. The fourth-order valence-electron chi connectivity index (χ4n) is 1.88. The zero-order valence-corrected chi connectivity index (χ0v) is 11.9. The van der Waals surface area contributed by atoms with Crippen molar-refractivity contribution < 1.29 is 9.47 Å². The van der Waals surface area contributed by atoms with E-state index in [1.807, 2.05) is 38.1 Å². The normalized spacial score (nSPS) is 13.4. The van der Waals surface area contributed by atoms with Gasteiger partial charge in [0.05, 0.1) is 19.8 Å². The summed E-state index contributed by atoms with van der Waals surface area (Å²) >= 11 is 0. The Morgan fingerprint density at radius 2 is 2.11 bits per heavy atom. The molecule has 0 bridgehead atoms. The molecule has 0 aliphatic heterocycles. The minimum atomic E-state index is -0.466. The highest BCUT2D eigenvalue weighted by Crippen LogP contribution is 2.19. The maximum absolute atomic E-state index is 9.13. The minimum absolute atomic E-state index is 0.466. The molecule has 1 rings (SSSR count). The van der Waals surface area contributed by atoms with Gasteiger partial charge in [0.2, 0.25) is 0 Å². The Balaban J connectivity index is 2.36. The third kappa shape index (κ3) is 5.19. The van der Waals surface area contributed by atoms with Gasteiger partial charge in [0.1, 0.15) is 17.0 Å². The zero-order chi connectivity index (χ0) is 14.1. The van der Waals surface area contributed by atoms with Gasteiger partial charge in [0, 0.05) is 6.07 Å². The van der Waals surface area contributed by atoms with E-state index in [0.29, 0.717) is 6.61 Å². The average Bonchev–Trinajstić information content (AvgIpc) is 2.44. The number of nitrogens with zero attached hydrogens (tertiary/aromatic N) is 1. The topological polar surface area (TPSA) is 54.3 Å². The van der Waals surface area contributed by atoms with Crippen LogP contribution in [0.5, 0.6) is 11.5 Å². The highest BCUT2D eigenvalue weighted by atomic mass is 16.5. The molecule has 104 valence electrons. The summed E-state index contributed by atoms with van der Waals surface area (Å²) in [6, 6.07) is 9.84. The van der Waals surface area contributed by atoms with E-state index in [0.717, 1.165) is 30.9 Å². The monoisotopic (exact) mass is 262 g/mol. The second-order valence-corrected chi connectivity index (χ2v) is 4.61. The van der Waals surface area contributed by atoms with Crippen LogP contribution in [0.1, 0.15) is 26.7 Å². The molecule has 1 aromatic carbocycles. The van der Waals surface area contributed by atoms with Crippen molar-refractivity contribution in [3.05, 3.63) is 24.3 Å². The van der Waals surface area contributed by atoms with Gasteiger partial charge in [-0.15, -0.1) is 0 Å². The van der Waals surface area contributed by atoms with Crippen LogP contribution in [-0.4, -0.2) is 25.8 Å². The van der Waals surface area contributed by atoms with E-state index >= 15 is 0 Å². The molecule has 0 spiro atoms. The molecule has 1 aromatic rings. The molecule has 0 saturated heterocycles. The molecular formula is C15H22N2O2. The average molecular weight is 262 g/mol. The van der Waals surface area contributed by atoms with Crippen LogP contribution in [0.3, 0.4) is 0 Å². The first-order chi connectivity index (χ1) is 9.13. The van der Waals surface area contributed by atoms with Crippen molar-refractivity contribution in [2.75, 3.05) is 20.3 Å². The first-order valence-electron chi connectivity index (χ1n) is 6.56. The van der Waals surface area contributed by atoms with E-state index in [9.17, 15) is 0 Å².